The molecular formula is C21H20ClN3O3S. The van der Waals surface area contributed by atoms with Crippen LogP contribution in [0.25, 0.3) is 0 Å². The Morgan fingerprint density at radius 2 is 1.86 bits per heavy atom. The molecule has 29 heavy (non-hydrogen) atoms. The second kappa shape index (κ2) is 9.54. The van der Waals surface area contributed by atoms with Gasteiger partial charge in [-0.05, 0) is 37.3 Å². The van der Waals surface area contributed by atoms with Crippen LogP contribution in [0.1, 0.15) is 23.2 Å². The van der Waals surface area contributed by atoms with Crippen molar-refractivity contribution >= 4 is 46.1 Å². The summed E-state index contributed by atoms with van der Waals surface area (Å²) in [7, 11) is 0. The number of amides is 2. The number of ether oxygens (including phenoxy) is 1. The van der Waals surface area contributed by atoms with Gasteiger partial charge in [-0.3, -0.25) is 9.59 Å². The number of rotatable bonds is 7. The standard InChI is InChI=1S/C21H20ClN3O3S/c1-13-3-6-17(7-4-13)28-11-21-24-16(12-29-21)10-20(27)25-19-9-15(22)5-8-18(19)23-14(2)26/h3-9,12H,10-11H2,1-2H3,(H,23,26)(H,25,27). The van der Waals surface area contributed by atoms with E-state index in [0.29, 0.717) is 28.7 Å². The fourth-order valence-corrected chi connectivity index (χ4v) is 3.43. The van der Waals surface area contributed by atoms with Crippen molar-refractivity contribution in [3.8, 4) is 5.75 Å². The Balaban J connectivity index is 1.58. The van der Waals surface area contributed by atoms with Gasteiger partial charge in [0, 0.05) is 17.3 Å². The van der Waals surface area contributed by atoms with E-state index in [2.05, 4.69) is 15.6 Å². The number of hydrogen-bond acceptors (Lipinski definition) is 5. The molecule has 8 heteroatoms. The van der Waals surface area contributed by atoms with Crippen LogP contribution in [0, 0.1) is 6.92 Å². The van der Waals surface area contributed by atoms with Crippen molar-refractivity contribution in [2.45, 2.75) is 26.9 Å². The van der Waals surface area contributed by atoms with Gasteiger partial charge in [-0.25, -0.2) is 4.98 Å². The Kier molecular flexibility index (Phi) is 6.85. The number of aryl methyl sites for hydroxylation is 1. The van der Waals surface area contributed by atoms with Crippen LogP contribution >= 0.6 is 22.9 Å². The van der Waals surface area contributed by atoms with Gasteiger partial charge in [0.1, 0.15) is 17.4 Å². The van der Waals surface area contributed by atoms with Crippen molar-refractivity contribution in [1.82, 2.24) is 4.98 Å². The molecule has 2 N–H and O–H groups in total. The van der Waals surface area contributed by atoms with Crippen LogP contribution in [0.2, 0.25) is 5.02 Å². The number of benzene rings is 2. The third kappa shape index (κ3) is 6.30. The van der Waals surface area contributed by atoms with E-state index in [4.69, 9.17) is 16.3 Å². The van der Waals surface area contributed by atoms with E-state index in [9.17, 15) is 9.59 Å². The summed E-state index contributed by atoms with van der Waals surface area (Å²) in [5, 5.41) is 8.52. The van der Waals surface area contributed by atoms with E-state index in [1.165, 1.54) is 23.8 Å². The van der Waals surface area contributed by atoms with Gasteiger partial charge in [0.2, 0.25) is 11.8 Å². The summed E-state index contributed by atoms with van der Waals surface area (Å²) >= 11 is 7.45. The molecule has 0 aliphatic carbocycles. The van der Waals surface area contributed by atoms with Gasteiger partial charge >= 0.3 is 0 Å². The maximum Gasteiger partial charge on any atom is 0.230 e. The molecule has 0 spiro atoms. The molecule has 0 saturated heterocycles. The van der Waals surface area contributed by atoms with Crippen molar-refractivity contribution in [3.63, 3.8) is 0 Å². The summed E-state index contributed by atoms with van der Waals surface area (Å²) in [6, 6.07) is 12.7. The average Bonchev–Trinajstić information content (AvgIpc) is 3.10. The highest BCUT2D eigenvalue weighted by atomic mass is 35.5. The quantitative estimate of drug-likeness (QED) is 0.564. The Labute approximate surface area is 177 Å². The Morgan fingerprint density at radius 3 is 2.59 bits per heavy atom. The van der Waals surface area contributed by atoms with Crippen molar-refractivity contribution in [3.05, 3.63) is 69.1 Å². The fraction of sp³-hybridized carbons (Fsp3) is 0.190. The summed E-state index contributed by atoms with van der Waals surface area (Å²) in [6.45, 7) is 3.76. The number of thiazole rings is 1. The van der Waals surface area contributed by atoms with Crippen LogP contribution in [-0.4, -0.2) is 16.8 Å². The van der Waals surface area contributed by atoms with Crippen molar-refractivity contribution in [1.29, 1.82) is 0 Å². The highest BCUT2D eigenvalue weighted by Gasteiger charge is 2.12. The van der Waals surface area contributed by atoms with Crippen LogP contribution in [0.3, 0.4) is 0 Å². The molecule has 1 aromatic heterocycles. The molecule has 3 aromatic rings. The summed E-state index contributed by atoms with van der Waals surface area (Å²) in [5.41, 5.74) is 2.75. The van der Waals surface area contributed by atoms with E-state index in [1.807, 2.05) is 36.6 Å². The van der Waals surface area contributed by atoms with Crippen LogP contribution < -0.4 is 15.4 Å². The first kappa shape index (κ1) is 20.8. The maximum absolute atomic E-state index is 12.4. The van der Waals surface area contributed by atoms with Crippen LogP contribution in [-0.2, 0) is 22.6 Å². The summed E-state index contributed by atoms with van der Waals surface area (Å²) < 4.78 is 5.72. The smallest absolute Gasteiger partial charge is 0.230 e. The van der Waals surface area contributed by atoms with E-state index >= 15 is 0 Å². The second-order valence-corrected chi connectivity index (χ2v) is 7.81. The highest BCUT2D eigenvalue weighted by Crippen LogP contribution is 2.26. The minimum absolute atomic E-state index is 0.104. The minimum Gasteiger partial charge on any atom is -0.486 e. The molecule has 0 saturated carbocycles. The number of anilines is 2. The van der Waals surface area contributed by atoms with Gasteiger partial charge in [0.25, 0.3) is 0 Å². The van der Waals surface area contributed by atoms with Gasteiger partial charge in [0.05, 0.1) is 23.5 Å². The van der Waals surface area contributed by atoms with Crippen molar-refractivity contribution in [2.75, 3.05) is 10.6 Å². The molecule has 2 amide bonds. The first-order valence-electron chi connectivity index (χ1n) is 8.89. The van der Waals surface area contributed by atoms with Crippen molar-refractivity contribution in [2.24, 2.45) is 0 Å². The molecule has 2 aromatic carbocycles. The Bertz CT molecular complexity index is 1020. The molecule has 0 aliphatic rings. The molecule has 0 fully saturated rings. The fourth-order valence-electron chi connectivity index (χ4n) is 2.55. The normalized spacial score (nSPS) is 10.4. The van der Waals surface area contributed by atoms with Gasteiger partial charge in [0.15, 0.2) is 0 Å². The van der Waals surface area contributed by atoms with Crippen LogP contribution in [0.5, 0.6) is 5.75 Å². The Hall–Kier alpha value is -2.90. The zero-order chi connectivity index (χ0) is 20.8. The molecule has 0 aliphatic heterocycles. The van der Waals surface area contributed by atoms with Gasteiger partial charge in [-0.1, -0.05) is 29.3 Å². The molecule has 1 heterocycles. The van der Waals surface area contributed by atoms with E-state index in [1.54, 1.807) is 18.2 Å². The lowest BCUT2D eigenvalue weighted by Crippen LogP contribution is -2.17. The van der Waals surface area contributed by atoms with Gasteiger partial charge in [-0.2, -0.15) is 0 Å². The number of hydrogen-bond donors (Lipinski definition) is 2. The molecule has 0 unspecified atom stereocenters. The van der Waals surface area contributed by atoms with Crippen LogP contribution in [0.4, 0.5) is 11.4 Å². The number of carbonyl (C=O) groups is 2. The zero-order valence-corrected chi connectivity index (χ0v) is 17.6. The molecule has 150 valence electrons. The molecule has 0 atom stereocenters. The van der Waals surface area contributed by atoms with Crippen molar-refractivity contribution < 1.29 is 14.3 Å². The van der Waals surface area contributed by atoms with E-state index in [0.717, 1.165) is 10.8 Å². The number of carbonyl (C=O) groups excluding carboxylic acids is 2. The first-order valence-corrected chi connectivity index (χ1v) is 10.1. The Morgan fingerprint density at radius 1 is 1.10 bits per heavy atom. The molecule has 0 bridgehead atoms. The van der Waals surface area contributed by atoms with Gasteiger partial charge < -0.3 is 15.4 Å². The number of nitrogens with zero attached hydrogens (tertiary/aromatic N) is 1. The first-order chi connectivity index (χ1) is 13.9. The van der Waals surface area contributed by atoms with E-state index in [-0.39, 0.29) is 18.2 Å². The molecule has 3 rings (SSSR count). The third-order valence-electron chi connectivity index (χ3n) is 3.89. The largest absolute Gasteiger partial charge is 0.486 e. The highest BCUT2D eigenvalue weighted by molar-refractivity contribution is 7.09. The average molecular weight is 430 g/mol. The minimum atomic E-state index is -0.254. The summed E-state index contributed by atoms with van der Waals surface area (Å²) in [5.74, 6) is 0.285. The van der Waals surface area contributed by atoms with E-state index < -0.39 is 0 Å². The zero-order valence-electron chi connectivity index (χ0n) is 16.0. The lowest BCUT2D eigenvalue weighted by Gasteiger charge is -2.11. The third-order valence-corrected chi connectivity index (χ3v) is 5.00. The topological polar surface area (TPSA) is 80.3 Å². The number of halogens is 1. The predicted octanol–water partition coefficient (Wildman–Crippen LogP) is 4.82. The number of aromatic nitrogens is 1. The maximum atomic E-state index is 12.4. The lowest BCUT2D eigenvalue weighted by atomic mass is 10.2. The number of nitrogens with one attached hydrogen (secondary N) is 2. The van der Waals surface area contributed by atoms with Crippen LogP contribution in [0.15, 0.2) is 47.8 Å². The summed E-state index contributed by atoms with van der Waals surface area (Å²) in [4.78, 5) is 28.2. The molecular weight excluding hydrogens is 410 g/mol. The second-order valence-electron chi connectivity index (χ2n) is 6.43. The summed E-state index contributed by atoms with van der Waals surface area (Å²) in [6.07, 6.45) is 0.104. The van der Waals surface area contributed by atoms with Gasteiger partial charge in [-0.15, -0.1) is 11.3 Å². The lowest BCUT2D eigenvalue weighted by molar-refractivity contribution is -0.116. The monoisotopic (exact) mass is 429 g/mol. The molecule has 6 nitrogen and oxygen atoms in total. The predicted molar refractivity (Wildman–Crippen MR) is 116 cm³/mol. The molecule has 0 radical (unpaired) electrons. The SMILES string of the molecule is CC(=O)Nc1ccc(Cl)cc1NC(=O)Cc1csc(COc2ccc(C)cc2)n1.